The van der Waals surface area contributed by atoms with Crippen molar-refractivity contribution in [3.63, 3.8) is 0 Å². The van der Waals surface area contributed by atoms with Crippen molar-refractivity contribution in [3.05, 3.63) is 34.6 Å². The molecule has 0 saturated carbocycles. The second-order valence-electron chi connectivity index (χ2n) is 6.35. The van der Waals surface area contributed by atoms with Crippen LogP contribution in [0, 0.1) is 5.82 Å². The highest BCUT2D eigenvalue weighted by Gasteiger charge is 2.34. The Bertz CT molecular complexity index is 488. The number of nitrogens with one attached hydrogen (secondary N) is 1. The van der Waals surface area contributed by atoms with Gasteiger partial charge in [-0.05, 0) is 63.4 Å². The van der Waals surface area contributed by atoms with Crippen molar-refractivity contribution >= 4 is 11.6 Å². The van der Waals surface area contributed by atoms with E-state index in [1.54, 1.807) is 0 Å². The Labute approximate surface area is 131 Å². The van der Waals surface area contributed by atoms with Crippen LogP contribution in [0.15, 0.2) is 18.2 Å². The van der Waals surface area contributed by atoms with Crippen molar-refractivity contribution in [1.29, 1.82) is 0 Å². The summed E-state index contributed by atoms with van der Waals surface area (Å²) in [6.07, 6.45) is 6.35. The maximum Gasteiger partial charge on any atom is 0.124 e. The zero-order valence-corrected chi connectivity index (χ0v) is 13.4. The number of piperidine rings is 1. The number of hydrogen-bond acceptors (Lipinski definition) is 2. The van der Waals surface area contributed by atoms with Crippen LogP contribution < -0.4 is 5.32 Å². The van der Waals surface area contributed by atoms with E-state index in [1.807, 2.05) is 6.07 Å². The quantitative estimate of drug-likeness (QED) is 0.902. The van der Waals surface area contributed by atoms with E-state index in [0.29, 0.717) is 17.1 Å². The van der Waals surface area contributed by atoms with E-state index in [-0.39, 0.29) is 11.9 Å². The van der Waals surface area contributed by atoms with E-state index in [9.17, 15) is 4.39 Å². The summed E-state index contributed by atoms with van der Waals surface area (Å²) in [6, 6.07) is 6.22. The van der Waals surface area contributed by atoms with Crippen molar-refractivity contribution in [1.82, 2.24) is 10.2 Å². The molecule has 2 fully saturated rings. The molecule has 2 aliphatic rings. The van der Waals surface area contributed by atoms with Gasteiger partial charge in [-0.3, -0.25) is 4.90 Å². The Morgan fingerprint density at radius 2 is 2.14 bits per heavy atom. The highest BCUT2D eigenvalue weighted by molar-refractivity contribution is 6.31. The van der Waals surface area contributed by atoms with Crippen LogP contribution in [-0.4, -0.2) is 30.1 Å². The van der Waals surface area contributed by atoms with Gasteiger partial charge in [0, 0.05) is 23.1 Å². The Morgan fingerprint density at radius 1 is 1.29 bits per heavy atom. The van der Waals surface area contributed by atoms with Gasteiger partial charge in [-0.2, -0.15) is 0 Å². The van der Waals surface area contributed by atoms with Crippen LogP contribution in [-0.2, 0) is 0 Å². The van der Waals surface area contributed by atoms with E-state index < -0.39 is 0 Å². The summed E-state index contributed by atoms with van der Waals surface area (Å²) >= 11 is 6.27. The second-order valence-corrected chi connectivity index (χ2v) is 6.75. The van der Waals surface area contributed by atoms with Gasteiger partial charge in [-0.25, -0.2) is 4.39 Å². The Balaban J connectivity index is 1.81. The molecule has 2 heterocycles. The molecule has 0 aromatic heterocycles. The van der Waals surface area contributed by atoms with Crippen LogP contribution in [0.25, 0.3) is 0 Å². The molecule has 0 radical (unpaired) electrons. The molecular weight excluding hydrogens is 287 g/mol. The van der Waals surface area contributed by atoms with Gasteiger partial charge in [0.2, 0.25) is 0 Å². The average Bonchev–Trinajstić information content (AvgIpc) is 3.01. The first-order valence-electron chi connectivity index (χ1n) is 8.11. The second kappa shape index (κ2) is 6.64. The third-order valence-corrected chi connectivity index (χ3v) is 5.39. The fourth-order valence-corrected chi connectivity index (χ4v) is 4.28. The highest BCUT2D eigenvalue weighted by Crippen LogP contribution is 2.34. The first kappa shape index (κ1) is 15.3. The summed E-state index contributed by atoms with van der Waals surface area (Å²) < 4.78 is 13.3. The first-order chi connectivity index (χ1) is 10.2. The van der Waals surface area contributed by atoms with Crippen molar-refractivity contribution in [2.45, 2.75) is 57.2 Å². The standard InChI is InChI=1S/C17H24ClFN2/c1-12(14-8-7-13(19)11-15(14)18)21-10-3-2-6-17(21)16-5-4-9-20-16/h7-8,11-12,16-17,20H,2-6,9-10H2,1H3. The molecule has 2 aliphatic heterocycles. The molecular formula is C17H24ClFN2. The predicted molar refractivity (Wildman–Crippen MR) is 85.2 cm³/mol. The molecule has 2 saturated heterocycles. The topological polar surface area (TPSA) is 15.3 Å². The van der Waals surface area contributed by atoms with Crippen molar-refractivity contribution in [2.24, 2.45) is 0 Å². The van der Waals surface area contributed by atoms with Crippen LogP contribution in [0.3, 0.4) is 0 Å². The summed E-state index contributed by atoms with van der Waals surface area (Å²) in [5.74, 6) is -0.261. The summed E-state index contributed by atoms with van der Waals surface area (Å²) in [5, 5.41) is 4.20. The van der Waals surface area contributed by atoms with Gasteiger partial charge in [0.25, 0.3) is 0 Å². The molecule has 3 unspecified atom stereocenters. The van der Waals surface area contributed by atoms with E-state index in [2.05, 4.69) is 17.1 Å². The van der Waals surface area contributed by atoms with Crippen LogP contribution in [0.5, 0.6) is 0 Å². The van der Waals surface area contributed by atoms with Crippen LogP contribution in [0.2, 0.25) is 5.02 Å². The highest BCUT2D eigenvalue weighted by atomic mass is 35.5. The largest absolute Gasteiger partial charge is 0.312 e. The van der Waals surface area contributed by atoms with Crippen molar-refractivity contribution in [2.75, 3.05) is 13.1 Å². The molecule has 1 N–H and O–H groups in total. The first-order valence-corrected chi connectivity index (χ1v) is 8.48. The molecule has 1 aromatic rings. The number of likely N-dealkylation sites (tertiary alicyclic amines) is 1. The van der Waals surface area contributed by atoms with Crippen molar-refractivity contribution < 1.29 is 4.39 Å². The lowest BCUT2D eigenvalue weighted by molar-refractivity contribution is 0.0803. The van der Waals surface area contributed by atoms with Crippen molar-refractivity contribution in [3.8, 4) is 0 Å². The number of rotatable bonds is 3. The fraction of sp³-hybridized carbons (Fsp3) is 0.647. The third kappa shape index (κ3) is 3.25. The normalized spacial score (nSPS) is 28.7. The summed E-state index contributed by atoms with van der Waals surface area (Å²) in [5.41, 5.74) is 1.04. The number of benzene rings is 1. The average molecular weight is 311 g/mol. The molecule has 0 spiro atoms. The molecule has 0 aliphatic carbocycles. The third-order valence-electron chi connectivity index (χ3n) is 5.07. The Hall–Kier alpha value is -0.640. The van der Waals surface area contributed by atoms with Gasteiger partial charge in [-0.15, -0.1) is 0 Å². The van der Waals surface area contributed by atoms with Gasteiger partial charge in [-0.1, -0.05) is 24.1 Å². The summed E-state index contributed by atoms with van der Waals surface area (Å²) in [6.45, 7) is 4.45. The molecule has 0 amide bonds. The number of halogens is 2. The van der Waals surface area contributed by atoms with Crippen LogP contribution >= 0.6 is 11.6 Å². The molecule has 116 valence electrons. The van der Waals surface area contributed by atoms with Crippen LogP contribution in [0.1, 0.15) is 50.6 Å². The Kier molecular flexibility index (Phi) is 4.82. The zero-order valence-electron chi connectivity index (χ0n) is 12.6. The number of hydrogen-bond donors (Lipinski definition) is 1. The van der Waals surface area contributed by atoms with Gasteiger partial charge in [0.05, 0.1) is 0 Å². The number of nitrogens with zero attached hydrogens (tertiary/aromatic N) is 1. The SMILES string of the molecule is CC(c1ccc(F)cc1Cl)N1CCCCC1C1CCCN1. The lowest BCUT2D eigenvalue weighted by Gasteiger charge is -2.43. The summed E-state index contributed by atoms with van der Waals surface area (Å²) in [7, 11) is 0. The van der Waals surface area contributed by atoms with Gasteiger partial charge >= 0.3 is 0 Å². The maximum absolute atomic E-state index is 13.3. The minimum Gasteiger partial charge on any atom is -0.312 e. The molecule has 3 rings (SSSR count). The lowest BCUT2D eigenvalue weighted by Crippen LogP contribution is -2.50. The van der Waals surface area contributed by atoms with E-state index in [4.69, 9.17) is 11.6 Å². The van der Waals surface area contributed by atoms with E-state index >= 15 is 0 Å². The predicted octanol–water partition coefficient (Wildman–Crippen LogP) is 4.15. The molecule has 2 nitrogen and oxygen atoms in total. The minimum absolute atomic E-state index is 0.241. The minimum atomic E-state index is -0.261. The molecule has 3 atom stereocenters. The molecule has 21 heavy (non-hydrogen) atoms. The smallest absolute Gasteiger partial charge is 0.124 e. The van der Waals surface area contributed by atoms with Crippen LogP contribution in [0.4, 0.5) is 4.39 Å². The van der Waals surface area contributed by atoms with Gasteiger partial charge in [0.1, 0.15) is 5.82 Å². The van der Waals surface area contributed by atoms with E-state index in [1.165, 1.54) is 44.2 Å². The molecule has 4 heteroatoms. The molecule has 1 aromatic carbocycles. The van der Waals surface area contributed by atoms with E-state index in [0.717, 1.165) is 18.7 Å². The monoisotopic (exact) mass is 310 g/mol. The zero-order chi connectivity index (χ0) is 14.8. The Morgan fingerprint density at radius 3 is 2.86 bits per heavy atom. The van der Waals surface area contributed by atoms with Gasteiger partial charge in [0.15, 0.2) is 0 Å². The lowest BCUT2D eigenvalue weighted by atomic mass is 9.91. The fourth-order valence-electron chi connectivity index (χ4n) is 3.95. The maximum atomic E-state index is 13.3. The molecule has 0 bridgehead atoms. The van der Waals surface area contributed by atoms with Gasteiger partial charge < -0.3 is 5.32 Å². The summed E-state index contributed by atoms with van der Waals surface area (Å²) in [4.78, 5) is 2.58.